The fourth-order valence-corrected chi connectivity index (χ4v) is 4.51. The Morgan fingerprint density at radius 3 is 2.89 bits per heavy atom. The lowest BCUT2D eigenvalue weighted by Gasteiger charge is -2.05. The minimum atomic E-state index is 0.840. The van der Waals surface area contributed by atoms with Crippen molar-refractivity contribution in [2.75, 3.05) is 5.73 Å². The third-order valence-corrected chi connectivity index (χ3v) is 5.55. The van der Waals surface area contributed by atoms with E-state index in [0.29, 0.717) is 0 Å². The molecule has 2 N–H and O–H groups in total. The van der Waals surface area contributed by atoms with Gasteiger partial charge in [-0.2, -0.15) is 0 Å². The van der Waals surface area contributed by atoms with Crippen molar-refractivity contribution in [3.8, 4) is 0 Å². The molecule has 0 fully saturated rings. The van der Waals surface area contributed by atoms with Gasteiger partial charge in [-0.25, -0.2) is 0 Å². The van der Waals surface area contributed by atoms with Gasteiger partial charge in [0.1, 0.15) is 0 Å². The summed E-state index contributed by atoms with van der Waals surface area (Å²) >= 11 is 7.08. The average Bonchev–Trinajstić information content (AvgIpc) is 2.83. The van der Waals surface area contributed by atoms with E-state index < -0.39 is 0 Å². The minimum Gasteiger partial charge on any atom is -0.398 e. The number of anilines is 1. The van der Waals surface area contributed by atoms with Crippen LogP contribution in [-0.2, 0) is 5.75 Å². The summed E-state index contributed by atoms with van der Waals surface area (Å²) in [6, 6.07) is 14.5. The highest BCUT2D eigenvalue weighted by Gasteiger charge is 2.06. The van der Waals surface area contributed by atoms with Gasteiger partial charge in [0.25, 0.3) is 0 Å². The molecule has 0 amide bonds. The van der Waals surface area contributed by atoms with E-state index in [1.54, 1.807) is 23.1 Å². The number of thiophene rings is 1. The van der Waals surface area contributed by atoms with Gasteiger partial charge < -0.3 is 5.73 Å². The summed E-state index contributed by atoms with van der Waals surface area (Å²) in [7, 11) is 0. The standard InChI is InChI=1S/C15H12BrNS2/c16-11-5-6-13(17)15(7-11)19-9-10-8-18-14-4-2-1-3-12(10)14/h1-8H,9,17H2. The Kier molecular flexibility index (Phi) is 3.82. The Labute approximate surface area is 129 Å². The van der Waals surface area contributed by atoms with Gasteiger partial charge in [0.2, 0.25) is 0 Å². The van der Waals surface area contributed by atoms with E-state index in [9.17, 15) is 0 Å². The minimum absolute atomic E-state index is 0.840. The van der Waals surface area contributed by atoms with E-state index in [0.717, 1.165) is 20.8 Å². The Bertz CT molecular complexity index is 721. The predicted molar refractivity (Wildman–Crippen MR) is 89.9 cm³/mol. The van der Waals surface area contributed by atoms with Gasteiger partial charge in [-0.3, -0.25) is 0 Å². The van der Waals surface area contributed by atoms with E-state index in [-0.39, 0.29) is 0 Å². The fraction of sp³-hybridized carbons (Fsp3) is 0.0667. The van der Waals surface area contributed by atoms with Gasteiger partial charge in [0.05, 0.1) is 0 Å². The topological polar surface area (TPSA) is 26.0 Å². The van der Waals surface area contributed by atoms with Crippen molar-refractivity contribution >= 4 is 54.8 Å². The number of rotatable bonds is 3. The summed E-state index contributed by atoms with van der Waals surface area (Å²) in [6.07, 6.45) is 0. The molecule has 0 spiro atoms. The molecule has 1 heterocycles. The normalized spacial score (nSPS) is 11.0. The first kappa shape index (κ1) is 13.0. The zero-order valence-electron chi connectivity index (χ0n) is 10.1. The lowest BCUT2D eigenvalue weighted by Crippen LogP contribution is -1.88. The quantitative estimate of drug-likeness (QED) is 0.496. The Morgan fingerprint density at radius 1 is 1.16 bits per heavy atom. The average molecular weight is 350 g/mol. The molecule has 19 heavy (non-hydrogen) atoms. The van der Waals surface area contributed by atoms with Gasteiger partial charge in [-0.05, 0) is 40.6 Å². The lowest BCUT2D eigenvalue weighted by molar-refractivity contribution is 1.41. The van der Waals surface area contributed by atoms with Crippen LogP contribution < -0.4 is 5.73 Å². The summed E-state index contributed by atoms with van der Waals surface area (Å²) < 4.78 is 2.42. The van der Waals surface area contributed by atoms with Gasteiger partial charge in [0.15, 0.2) is 0 Å². The number of benzene rings is 2. The van der Waals surface area contributed by atoms with E-state index >= 15 is 0 Å². The molecule has 2 aromatic carbocycles. The van der Waals surface area contributed by atoms with Crippen LogP contribution in [-0.4, -0.2) is 0 Å². The number of hydrogen-bond donors (Lipinski definition) is 1. The van der Waals surface area contributed by atoms with Crippen molar-refractivity contribution < 1.29 is 0 Å². The monoisotopic (exact) mass is 349 g/mol. The first-order valence-electron chi connectivity index (χ1n) is 5.87. The van der Waals surface area contributed by atoms with Crippen molar-refractivity contribution in [2.45, 2.75) is 10.6 Å². The molecule has 0 unspecified atom stereocenters. The maximum absolute atomic E-state index is 6.00. The fourth-order valence-electron chi connectivity index (χ4n) is 1.93. The van der Waals surface area contributed by atoms with Crippen molar-refractivity contribution in [2.24, 2.45) is 0 Å². The summed E-state index contributed by atoms with van der Waals surface area (Å²) in [5.41, 5.74) is 8.22. The van der Waals surface area contributed by atoms with Crippen LogP contribution in [0, 0.1) is 0 Å². The largest absolute Gasteiger partial charge is 0.398 e. The predicted octanol–water partition coefficient (Wildman–Crippen LogP) is 5.54. The molecule has 0 aliphatic carbocycles. The van der Waals surface area contributed by atoms with Crippen molar-refractivity contribution in [1.29, 1.82) is 0 Å². The molecule has 0 aliphatic heterocycles. The SMILES string of the molecule is Nc1ccc(Br)cc1SCc1csc2ccccc12. The second kappa shape index (κ2) is 5.57. The van der Waals surface area contributed by atoms with Gasteiger partial charge in [-0.1, -0.05) is 34.1 Å². The van der Waals surface area contributed by atoms with E-state index in [4.69, 9.17) is 5.73 Å². The number of nitrogen functional groups attached to an aromatic ring is 1. The third-order valence-electron chi connectivity index (χ3n) is 2.92. The molecule has 96 valence electrons. The first-order valence-corrected chi connectivity index (χ1v) is 8.53. The second-order valence-electron chi connectivity index (χ2n) is 4.23. The Hall–Kier alpha value is -0.970. The number of hydrogen-bond acceptors (Lipinski definition) is 3. The molecule has 3 rings (SSSR count). The smallest absolute Gasteiger partial charge is 0.0453 e. The van der Waals surface area contributed by atoms with Crippen LogP contribution in [0.5, 0.6) is 0 Å². The Morgan fingerprint density at radius 2 is 2.00 bits per heavy atom. The van der Waals surface area contributed by atoms with E-state index in [1.165, 1.54) is 15.6 Å². The molecule has 0 bridgehead atoms. The maximum Gasteiger partial charge on any atom is 0.0453 e. The summed E-state index contributed by atoms with van der Waals surface area (Å²) in [4.78, 5) is 1.13. The molecule has 0 saturated heterocycles. The molecule has 0 aliphatic rings. The van der Waals surface area contributed by atoms with Gasteiger partial charge in [-0.15, -0.1) is 23.1 Å². The highest BCUT2D eigenvalue weighted by atomic mass is 79.9. The summed E-state index contributed by atoms with van der Waals surface area (Å²) in [6.45, 7) is 0. The van der Waals surface area contributed by atoms with Crippen LogP contribution in [0.25, 0.3) is 10.1 Å². The van der Waals surface area contributed by atoms with E-state index in [2.05, 4.69) is 51.6 Å². The van der Waals surface area contributed by atoms with Gasteiger partial charge >= 0.3 is 0 Å². The molecule has 1 nitrogen and oxygen atoms in total. The van der Waals surface area contributed by atoms with Crippen LogP contribution in [0.15, 0.2) is 57.2 Å². The zero-order chi connectivity index (χ0) is 13.2. The molecule has 4 heteroatoms. The van der Waals surface area contributed by atoms with Crippen molar-refractivity contribution in [1.82, 2.24) is 0 Å². The molecule has 1 aromatic heterocycles. The Balaban J connectivity index is 1.84. The summed E-state index contributed by atoms with van der Waals surface area (Å²) in [5.74, 6) is 0.949. The van der Waals surface area contributed by atoms with Crippen LogP contribution in [0.2, 0.25) is 0 Å². The van der Waals surface area contributed by atoms with E-state index in [1.807, 2.05) is 12.1 Å². The summed E-state index contributed by atoms with van der Waals surface area (Å²) in [5, 5.41) is 3.60. The second-order valence-corrected chi connectivity index (χ2v) is 7.07. The van der Waals surface area contributed by atoms with Crippen molar-refractivity contribution in [3.05, 3.63) is 57.9 Å². The number of nitrogens with two attached hydrogens (primary N) is 1. The number of halogens is 1. The molecular formula is C15H12BrNS2. The zero-order valence-corrected chi connectivity index (χ0v) is 13.3. The lowest BCUT2D eigenvalue weighted by atomic mass is 10.2. The third kappa shape index (κ3) is 2.81. The van der Waals surface area contributed by atoms with Gasteiger partial charge in [0, 0.05) is 25.5 Å². The van der Waals surface area contributed by atoms with Crippen LogP contribution in [0.3, 0.4) is 0 Å². The molecule has 0 saturated carbocycles. The molecule has 0 atom stereocenters. The van der Waals surface area contributed by atoms with Crippen LogP contribution in [0.4, 0.5) is 5.69 Å². The molecular weight excluding hydrogens is 338 g/mol. The molecule has 3 aromatic rings. The first-order chi connectivity index (χ1) is 9.24. The number of thioether (sulfide) groups is 1. The van der Waals surface area contributed by atoms with Crippen molar-refractivity contribution in [3.63, 3.8) is 0 Å². The number of fused-ring (bicyclic) bond motifs is 1. The maximum atomic E-state index is 6.00. The van der Waals surface area contributed by atoms with Crippen LogP contribution >= 0.6 is 39.0 Å². The highest BCUT2D eigenvalue weighted by Crippen LogP contribution is 2.34. The highest BCUT2D eigenvalue weighted by molar-refractivity contribution is 9.10. The van der Waals surface area contributed by atoms with Crippen LogP contribution in [0.1, 0.15) is 5.56 Å². The molecule has 0 radical (unpaired) electrons.